The molecule has 1 amide bonds. The number of esters is 1. The lowest BCUT2D eigenvalue weighted by Gasteiger charge is -2.31. The number of carbonyl (C=O) groups excluding carboxylic acids is 2. The summed E-state index contributed by atoms with van der Waals surface area (Å²) in [6.45, 7) is 16.6. The Morgan fingerprint density at radius 1 is 1.05 bits per heavy atom. The number of para-hydroxylation sites is 1. The normalized spacial score (nSPS) is 13.7. The third-order valence-corrected chi connectivity index (χ3v) is 11.4. The van der Waals surface area contributed by atoms with Gasteiger partial charge in [0.25, 0.3) is 5.91 Å². The minimum atomic E-state index is -1.29. The van der Waals surface area contributed by atoms with Gasteiger partial charge in [-0.25, -0.2) is 14.8 Å². The highest BCUT2D eigenvalue weighted by atomic mass is 32.1. The second-order valence-electron chi connectivity index (χ2n) is 13.3. The number of aryl methyl sites for hydroxylation is 1. The van der Waals surface area contributed by atoms with Gasteiger partial charge < -0.3 is 14.4 Å². The summed E-state index contributed by atoms with van der Waals surface area (Å²) < 4.78 is 12.8. The summed E-state index contributed by atoms with van der Waals surface area (Å²) >= 11 is 3.02. The minimum absolute atomic E-state index is 0.126. The number of hydrogen-bond donors (Lipinski definition) is 0. The van der Waals surface area contributed by atoms with Crippen LogP contribution in [0.1, 0.15) is 64.5 Å². The number of hydrogen-bond acceptors (Lipinski definition) is 9. The van der Waals surface area contributed by atoms with E-state index in [9.17, 15) is 9.59 Å². The van der Waals surface area contributed by atoms with Crippen LogP contribution in [0, 0.1) is 0 Å². The summed E-state index contributed by atoms with van der Waals surface area (Å²) in [7, 11) is -1.29. The molecule has 0 atom stereocenters. The lowest BCUT2D eigenvalue weighted by atomic mass is 9.94. The molecule has 5 rings (SSSR count). The summed E-state index contributed by atoms with van der Waals surface area (Å²) in [6, 6.07) is 14.9. The van der Waals surface area contributed by atoms with Gasteiger partial charge in [0.05, 0.1) is 10.2 Å². The quantitative estimate of drug-likeness (QED) is 0.0750. The first kappa shape index (κ1) is 32.3. The summed E-state index contributed by atoms with van der Waals surface area (Å²) in [6.07, 6.45) is 1.46. The predicted molar refractivity (Wildman–Crippen MR) is 183 cm³/mol. The van der Waals surface area contributed by atoms with Gasteiger partial charge >= 0.3 is 5.97 Å². The van der Waals surface area contributed by atoms with Crippen molar-refractivity contribution in [3.05, 3.63) is 69.7 Å². The third-order valence-electron chi connectivity index (χ3n) is 7.35. The van der Waals surface area contributed by atoms with Crippen molar-refractivity contribution in [2.24, 2.45) is 0 Å². The number of amides is 1. The van der Waals surface area contributed by atoms with E-state index in [0.717, 1.165) is 50.4 Å². The van der Waals surface area contributed by atoms with Gasteiger partial charge in [0.1, 0.15) is 12.3 Å². The maximum Gasteiger partial charge on any atom is 0.358 e. The molecule has 0 N–H and O–H groups in total. The van der Waals surface area contributed by atoms with Gasteiger partial charge in [-0.2, -0.15) is 0 Å². The highest BCUT2D eigenvalue weighted by molar-refractivity contribution is 7.22. The fraction of sp³-hybridized carbons (Fsp3) is 0.455. The molecule has 0 bridgehead atoms. The summed E-state index contributed by atoms with van der Waals surface area (Å²) in [5.74, 6) is -0.524. The van der Waals surface area contributed by atoms with E-state index in [0.29, 0.717) is 36.0 Å². The number of fused-ring (bicyclic) bond motifs is 2. The number of aromatic nitrogens is 2. The van der Waals surface area contributed by atoms with Gasteiger partial charge in [-0.1, -0.05) is 62.2 Å². The van der Waals surface area contributed by atoms with Crippen molar-refractivity contribution in [3.8, 4) is 0 Å². The van der Waals surface area contributed by atoms with E-state index < -0.39 is 19.6 Å². The molecular weight excluding hydrogens is 609 g/mol. The average molecular weight is 651 g/mol. The molecule has 4 aromatic rings. The zero-order valence-corrected chi connectivity index (χ0v) is 29.4. The van der Waals surface area contributed by atoms with Crippen LogP contribution in [0.3, 0.4) is 0 Å². The standard InChI is InChI=1S/C33H42N4O4S2Si/c1-8-26-28(30(39)41-33(2,3)4)35-31(42-26)36-17-16-22-12-11-13-23(24(22)20-36)29(38)37(21-40-18-19-44(5,6)7)32-34-25-14-9-10-15-27(25)43-32/h9-15H,8,16-21H2,1-7H3. The molecule has 1 aliphatic rings. The molecule has 3 heterocycles. The first-order valence-electron chi connectivity index (χ1n) is 15.2. The van der Waals surface area contributed by atoms with Crippen LogP contribution in [-0.4, -0.2) is 55.4 Å². The molecule has 0 radical (unpaired) electrons. The van der Waals surface area contributed by atoms with Crippen molar-refractivity contribution < 1.29 is 19.1 Å². The molecule has 8 nitrogen and oxygen atoms in total. The first-order chi connectivity index (χ1) is 20.8. The first-order valence-corrected chi connectivity index (χ1v) is 20.5. The number of benzene rings is 2. The topological polar surface area (TPSA) is 84.9 Å². The summed E-state index contributed by atoms with van der Waals surface area (Å²) in [5.41, 5.74) is 3.42. The lowest BCUT2D eigenvalue weighted by Crippen LogP contribution is -2.37. The van der Waals surface area contributed by atoms with Gasteiger partial charge in [0.15, 0.2) is 16.0 Å². The van der Waals surface area contributed by atoms with Crippen molar-refractivity contribution in [3.63, 3.8) is 0 Å². The fourth-order valence-corrected chi connectivity index (χ4v) is 7.72. The van der Waals surface area contributed by atoms with Gasteiger partial charge in [0, 0.05) is 38.2 Å². The molecule has 2 aromatic heterocycles. The highest BCUT2D eigenvalue weighted by Gasteiger charge is 2.30. The van der Waals surface area contributed by atoms with Gasteiger partial charge in [-0.05, 0) is 69.0 Å². The van der Waals surface area contributed by atoms with E-state index in [1.807, 2.05) is 64.1 Å². The second kappa shape index (κ2) is 13.1. The van der Waals surface area contributed by atoms with E-state index in [2.05, 4.69) is 30.6 Å². The maximum absolute atomic E-state index is 14.4. The molecule has 0 saturated carbocycles. The molecular formula is C33H42N4O4S2Si. The van der Waals surface area contributed by atoms with Gasteiger partial charge in [-0.3, -0.25) is 9.69 Å². The molecule has 11 heteroatoms. The number of thiazole rings is 2. The Hall–Kier alpha value is -3.12. The van der Waals surface area contributed by atoms with Crippen LogP contribution >= 0.6 is 22.7 Å². The van der Waals surface area contributed by atoms with Crippen LogP contribution in [0.2, 0.25) is 25.7 Å². The summed E-state index contributed by atoms with van der Waals surface area (Å²) in [4.78, 5) is 41.7. The van der Waals surface area contributed by atoms with Gasteiger partial charge in [0.2, 0.25) is 0 Å². The maximum atomic E-state index is 14.4. The fourth-order valence-electron chi connectivity index (χ4n) is 5.00. The Bertz CT molecular complexity index is 1620. The monoisotopic (exact) mass is 650 g/mol. The molecule has 0 saturated heterocycles. The average Bonchev–Trinajstić information content (AvgIpc) is 3.59. The Balaban J connectivity index is 1.44. The third kappa shape index (κ3) is 7.56. The van der Waals surface area contributed by atoms with E-state index in [-0.39, 0.29) is 12.6 Å². The van der Waals surface area contributed by atoms with Crippen molar-refractivity contribution in [2.45, 2.75) is 78.4 Å². The smallest absolute Gasteiger partial charge is 0.358 e. The van der Waals surface area contributed by atoms with Crippen LogP contribution in [-0.2, 0) is 28.9 Å². The van der Waals surface area contributed by atoms with Crippen LogP contribution in [0.15, 0.2) is 42.5 Å². The second-order valence-corrected chi connectivity index (χ2v) is 21.0. The Kier molecular flexibility index (Phi) is 9.60. The minimum Gasteiger partial charge on any atom is -0.455 e. The number of nitrogens with zero attached hydrogens (tertiary/aromatic N) is 4. The Morgan fingerprint density at radius 2 is 1.82 bits per heavy atom. The molecule has 0 fully saturated rings. The molecule has 0 unspecified atom stereocenters. The van der Waals surface area contributed by atoms with Crippen molar-refractivity contribution in [2.75, 3.05) is 29.7 Å². The number of ether oxygens (including phenoxy) is 2. The van der Waals surface area contributed by atoms with E-state index >= 15 is 0 Å². The predicted octanol–water partition coefficient (Wildman–Crippen LogP) is 7.79. The van der Waals surface area contributed by atoms with Crippen LogP contribution in [0.25, 0.3) is 10.2 Å². The number of carbonyl (C=O) groups is 2. The van der Waals surface area contributed by atoms with Crippen molar-refractivity contribution in [1.82, 2.24) is 9.97 Å². The van der Waals surface area contributed by atoms with Crippen LogP contribution in [0.5, 0.6) is 0 Å². The van der Waals surface area contributed by atoms with Gasteiger partial charge in [-0.15, -0.1) is 11.3 Å². The molecule has 44 heavy (non-hydrogen) atoms. The number of anilines is 2. The lowest BCUT2D eigenvalue weighted by molar-refractivity contribution is 0.00625. The SMILES string of the molecule is CCc1sc(N2CCc3cccc(C(=O)N(COCC[Si](C)(C)C)c4nc5ccccc5s4)c3C2)nc1C(=O)OC(C)(C)C. The molecule has 0 aliphatic carbocycles. The zero-order valence-electron chi connectivity index (χ0n) is 26.7. The van der Waals surface area contributed by atoms with Crippen molar-refractivity contribution >= 4 is 63.1 Å². The summed E-state index contributed by atoms with van der Waals surface area (Å²) in [5, 5.41) is 1.40. The van der Waals surface area contributed by atoms with E-state index in [1.165, 1.54) is 22.7 Å². The van der Waals surface area contributed by atoms with Crippen LogP contribution < -0.4 is 9.80 Å². The van der Waals surface area contributed by atoms with Crippen molar-refractivity contribution in [1.29, 1.82) is 0 Å². The van der Waals surface area contributed by atoms with E-state index in [4.69, 9.17) is 19.4 Å². The zero-order chi connectivity index (χ0) is 31.6. The molecule has 1 aliphatic heterocycles. The molecule has 0 spiro atoms. The van der Waals surface area contributed by atoms with Crippen LogP contribution in [0.4, 0.5) is 10.3 Å². The molecule has 234 valence electrons. The Morgan fingerprint density at radius 3 is 2.52 bits per heavy atom. The Labute approximate surface area is 269 Å². The highest BCUT2D eigenvalue weighted by Crippen LogP contribution is 2.35. The number of rotatable bonds is 10. The molecule has 2 aromatic carbocycles. The largest absolute Gasteiger partial charge is 0.455 e. The van der Waals surface area contributed by atoms with E-state index in [1.54, 1.807) is 4.90 Å².